The van der Waals surface area contributed by atoms with Crippen LogP contribution in [0, 0.1) is 5.92 Å². The van der Waals surface area contributed by atoms with E-state index in [0.717, 1.165) is 31.8 Å². The quantitative estimate of drug-likeness (QED) is 0.270. The summed E-state index contributed by atoms with van der Waals surface area (Å²) in [7, 11) is 0. The maximum atomic E-state index is 13.9. The number of imide groups is 1. The number of hydrogen-bond donors (Lipinski definition) is 1. The third kappa shape index (κ3) is 4.44. The molecular formula is C27H18BrClN2O4S2. The highest BCUT2D eigenvalue weighted by atomic mass is 79.9. The van der Waals surface area contributed by atoms with Gasteiger partial charge in [-0.25, -0.2) is 4.90 Å². The van der Waals surface area contributed by atoms with Crippen LogP contribution in [0.1, 0.15) is 21.9 Å². The summed E-state index contributed by atoms with van der Waals surface area (Å²) in [5.41, 5.74) is 2.23. The molecule has 4 aromatic rings. The summed E-state index contributed by atoms with van der Waals surface area (Å²) in [6, 6.07) is 22.0. The second-order valence-electron chi connectivity index (χ2n) is 8.69. The maximum absolute atomic E-state index is 13.9. The van der Waals surface area contributed by atoms with E-state index in [4.69, 9.17) is 16.3 Å². The molecule has 3 aromatic carbocycles. The standard InChI is InChI=1S/C27H18BrClN2O4S2/c28-15-7-11-17(12-8-15)31-25(32)21-20(22-24(30-27(34)37-22)36-23(21)26(31)33)18-3-1-2-4-19(18)35-13-14-5-9-16(29)10-6-14/h1-12,20-21,23H,13H2,(H,30,34)/t20-,21?,23?/m1/s1. The number of nitrogens with zero attached hydrogens (tertiary/aromatic N) is 1. The maximum Gasteiger partial charge on any atom is 0.305 e. The Balaban J connectivity index is 1.41. The topological polar surface area (TPSA) is 79.5 Å². The van der Waals surface area contributed by atoms with E-state index in [2.05, 4.69) is 20.9 Å². The van der Waals surface area contributed by atoms with Crippen molar-refractivity contribution >= 4 is 68.1 Å². The molecule has 0 radical (unpaired) electrons. The van der Waals surface area contributed by atoms with Gasteiger partial charge in [0.25, 0.3) is 0 Å². The summed E-state index contributed by atoms with van der Waals surface area (Å²) >= 11 is 11.8. The summed E-state index contributed by atoms with van der Waals surface area (Å²) in [4.78, 5) is 44.6. The van der Waals surface area contributed by atoms with Crippen molar-refractivity contribution in [3.05, 3.63) is 108 Å². The number of halogens is 2. The molecule has 1 saturated heterocycles. The van der Waals surface area contributed by atoms with Crippen molar-refractivity contribution in [2.24, 2.45) is 5.92 Å². The Hall–Kier alpha value is -2.85. The normalized spacial score (nSPS) is 20.6. The van der Waals surface area contributed by atoms with Crippen LogP contribution in [0.3, 0.4) is 0 Å². The van der Waals surface area contributed by atoms with Crippen LogP contribution in [0.15, 0.2) is 87.1 Å². The summed E-state index contributed by atoms with van der Waals surface area (Å²) in [6.07, 6.45) is 0. The fourth-order valence-corrected chi connectivity index (χ4v) is 7.70. The van der Waals surface area contributed by atoms with Crippen molar-refractivity contribution in [1.29, 1.82) is 0 Å². The van der Waals surface area contributed by atoms with Gasteiger partial charge in [-0.15, -0.1) is 0 Å². The van der Waals surface area contributed by atoms with Gasteiger partial charge in [-0.1, -0.05) is 81.0 Å². The van der Waals surface area contributed by atoms with Gasteiger partial charge < -0.3 is 9.72 Å². The zero-order chi connectivity index (χ0) is 25.7. The predicted molar refractivity (Wildman–Crippen MR) is 149 cm³/mol. The number of thioether (sulfide) groups is 1. The Kier molecular flexibility index (Phi) is 6.48. The molecule has 10 heteroatoms. The molecule has 0 saturated carbocycles. The van der Waals surface area contributed by atoms with E-state index >= 15 is 0 Å². The number of benzene rings is 3. The summed E-state index contributed by atoms with van der Waals surface area (Å²) < 4.78 is 7.08. The lowest BCUT2D eigenvalue weighted by Crippen LogP contribution is -2.32. The van der Waals surface area contributed by atoms with Crippen LogP contribution in [-0.4, -0.2) is 22.0 Å². The van der Waals surface area contributed by atoms with Gasteiger partial charge in [0, 0.05) is 25.9 Å². The molecule has 2 aliphatic rings. The van der Waals surface area contributed by atoms with Crippen LogP contribution in [0.5, 0.6) is 5.75 Å². The Morgan fingerprint density at radius 1 is 0.946 bits per heavy atom. The van der Waals surface area contributed by atoms with Gasteiger partial charge in [0.05, 0.1) is 16.6 Å². The van der Waals surface area contributed by atoms with E-state index in [1.807, 2.05) is 36.4 Å². The van der Waals surface area contributed by atoms with Gasteiger partial charge in [0.2, 0.25) is 11.8 Å². The number of thiazole rings is 1. The van der Waals surface area contributed by atoms with Gasteiger partial charge >= 0.3 is 4.87 Å². The molecule has 2 unspecified atom stereocenters. The molecule has 1 N–H and O–H groups in total. The van der Waals surface area contributed by atoms with Crippen molar-refractivity contribution < 1.29 is 14.3 Å². The minimum Gasteiger partial charge on any atom is -0.489 e. The number of H-pyrrole nitrogens is 1. The molecule has 2 amide bonds. The Bertz CT molecular complexity index is 1570. The first-order valence-corrected chi connectivity index (χ1v) is 14.3. The zero-order valence-corrected chi connectivity index (χ0v) is 23.0. The lowest BCUT2D eigenvalue weighted by molar-refractivity contribution is -0.122. The first kappa shape index (κ1) is 24.5. The Morgan fingerprint density at radius 3 is 2.43 bits per heavy atom. The summed E-state index contributed by atoms with van der Waals surface area (Å²) in [6.45, 7) is 0.303. The van der Waals surface area contributed by atoms with Gasteiger partial charge in [-0.3, -0.25) is 14.4 Å². The van der Waals surface area contributed by atoms with Crippen molar-refractivity contribution in [1.82, 2.24) is 4.98 Å². The van der Waals surface area contributed by atoms with Gasteiger partial charge in [-0.05, 0) is 48.0 Å². The number of anilines is 1. The summed E-state index contributed by atoms with van der Waals surface area (Å²) in [5.74, 6) is -1.16. The van der Waals surface area contributed by atoms with Crippen LogP contribution in [0.4, 0.5) is 5.69 Å². The molecule has 0 spiro atoms. The lowest BCUT2D eigenvalue weighted by Gasteiger charge is -2.30. The van der Waals surface area contributed by atoms with E-state index in [-0.39, 0.29) is 16.7 Å². The zero-order valence-electron chi connectivity index (χ0n) is 19.0. The average Bonchev–Trinajstić information content (AvgIpc) is 3.39. The fraction of sp³-hybridized carbons (Fsp3) is 0.148. The first-order valence-electron chi connectivity index (χ1n) is 11.4. The summed E-state index contributed by atoms with van der Waals surface area (Å²) in [5, 5.41) is 0.611. The fourth-order valence-electron chi connectivity index (χ4n) is 4.81. The minimum absolute atomic E-state index is 0.216. The molecule has 0 aliphatic carbocycles. The van der Waals surface area contributed by atoms with E-state index in [0.29, 0.717) is 28.1 Å². The molecule has 37 heavy (non-hydrogen) atoms. The lowest BCUT2D eigenvalue weighted by atomic mass is 9.82. The highest BCUT2D eigenvalue weighted by Gasteiger charge is 2.56. The van der Waals surface area contributed by atoms with Crippen LogP contribution in [0.25, 0.3) is 0 Å². The molecule has 186 valence electrons. The number of para-hydroxylation sites is 1. The number of aromatic nitrogens is 1. The average molecular weight is 614 g/mol. The second-order valence-corrected chi connectivity index (χ2v) is 12.2. The molecule has 3 atom stereocenters. The van der Waals surface area contributed by atoms with Crippen LogP contribution in [-0.2, 0) is 16.2 Å². The van der Waals surface area contributed by atoms with E-state index in [9.17, 15) is 14.4 Å². The number of amides is 2. The highest BCUT2D eigenvalue weighted by molar-refractivity contribution is 9.10. The van der Waals surface area contributed by atoms with Crippen LogP contribution in [0.2, 0.25) is 5.02 Å². The van der Waals surface area contributed by atoms with Crippen LogP contribution >= 0.6 is 50.6 Å². The molecule has 6 rings (SSSR count). The second kappa shape index (κ2) is 9.79. The smallest absolute Gasteiger partial charge is 0.305 e. The monoisotopic (exact) mass is 612 g/mol. The number of rotatable bonds is 5. The molecule has 1 aromatic heterocycles. The number of carbonyl (C=O) groups is 2. The minimum atomic E-state index is -0.680. The molecule has 0 bridgehead atoms. The van der Waals surface area contributed by atoms with Gasteiger partial charge in [0.1, 0.15) is 17.6 Å². The van der Waals surface area contributed by atoms with Crippen molar-refractivity contribution in [2.45, 2.75) is 22.8 Å². The number of hydrogen-bond acceptors (Lipinski definition) is 6. The number of nitrogens with one attached hydrogen (secondary N) is 1. The van der Waals surface area contributed by atoms with Crippen molar-refractivity contribution in [3.8, 4) is 5.75 Å². The third-order valence-corrected chi connectivity index (χ3v) is 9.65. The Labute approximate surface area is 233 Å². The third-order valence-electron chi connectivity index (χ3n) is 6.47. The largest absolute Gasteiger partial charge is 0.489 e. The van der Waals surface area contributed by atoms with E-state index < -0.39 is 17.1 Å². The SMILES string of the molecule is O=C1C2Sc3[nH]c(=O)sc3[C@H](c3ccccc3OCc3ccc(Cl)cc3)C2C(=O)N1c1ccc(Br)cc1. The molecule has 3 heterocycles. The van der Waals surface area contributed by atoms with Crippen LogP contribution < -0.4 is 14.5 Å². The van der Waals surface area contributed by atoms with E-state index in [1.165, 1.54) is 16.7 Å². The molecule has 6 nitrogen and oxygen atoms in total. The number of fused-ring (bicyclic) bond motifs is 2. The van der Waals surface area contributed by atoms with Gasteiger partial charge in [-0.2, -0.15) is 0 Å². The highest BCUT2D eigenvalue weighted by Crippen LogP contribution is 2.54. The van der Waals surface area contributed by atoms with Crippen molar-refractivity contribution in [3.63, 3.8) is 0 Å². The number of carbonyl (C=O) groups excluding carboxylic acids is 2. The van der Waals surface area contributed by atoms with Gasteiger partial charge in [0.15, 0.2) is 0 Å². The molecule has 2 aliphatic heterocycles. The first-order chi connectivity index (χ1) is 17.9. The Morgan fingerprint density at radius 2 is 1.68 bits per heavy atom. The van der Waals surface area contributed by atoms with E-state index in [1.54, 1.807) is 36.4 Å². The molecular weight excluding hydrogens is 596 g/mol. The van der Waals surface area contributed by atoms with Crippen molar-refractivity contribution in [2.75, 3.05) is 4.90 Å². The predicted octanol–water partition coefficient (Wildman–Crippen LogP) is 6.23. The number of ether oxygens (including phenoxy) is 1. The molecule has 1 fully saturated rings. The number of aromatic amines is 1.